The second-order valence-electron chi connectivity index (χ2n) is 4.38. The molecule has 3 N–H and O–H groups in total. The van der Waals surface area contributed by atoms with Crippen LogP contribution in [0.3, 0.4) is 0 Å². The Bertz CT molecular complexity index is 332. The van der Waals surface area contributed by atoms with E-state index in [9.17, 15) is 5.11 Å². The van der Waals surface area contributed by atoms with Crippen molar-refractivity contribution in [3.63, 3.8) is 0 Å². The van der Waals surface area contributed by atoms with E-state index in [1.807, 2.05) is 13.0 Å². The molecule has 1 aromatic carbocycles. The monoisotopic (exact) mass is 207 g/mol. The zero-order chi connectivity index (χ0) is 11.4. The minimum Gasteiger partial charge on any atom is -0.508 e. The summed E-state index contributed by atoms with van der Waals surface area (Å²) >= 11 is 0. The first-order valence-corrected chi connectivity index (χ1v) is 5.58. The van der Waals surface area contributed by atoms with Crippen LogP contribution in [0.4, 0.5) is 0 Å². The normalized spacial score (nSPS) is 11.0. The summed E-state index contributed by atoms with van der Waals surface area (Å²) in [6.45, 7) is 6.95. The van der Waals surface area contributed by atoms with Crippen molar-refractivity contribution in [2.24, 2.45) is 5.73 Å². The van der Waals surface area contributed by atoms with E-state index in [1.54, 1.807) is 0 Å². The molecule has 0 amide bonds. The summed E-state index contributed by atoms with van der Waals surface area (Å²) in [6, 6.07) is 3.98. The molecule has 84 valence electrons. The van der Waals surface area contributed by atoms with Crippen molar-refractivity contribution in [1.29, 1.82) is 0 Å². The van der Waals surface area contributed by atoms with Gasteiger partial charge in [0.1, 0.15) is 5.75 Å². The summed E-state index contributed by atoms with van der Waals surface area (Å²) in [7, 11) is 0. The largest absolute Gasteiger partial charge is 0.508 e. The predicted molar refractivity (Wildman–Crippen MR) is 64.3 cm³/mol. The molecule has 2 heteroatoms. The Morgan fingerprint density at radius 3 is 2.53 bits per heavy atom. The highest BCUT2D eigenvalue weighted by Gasteiger charge is 2.09. The third-order valence-electron chi connectivity index (χ3n) is 2.76. The molecule has 0 fully saturated rings. The number of nitrogens with two attached hydrogens (primary N) is 1. The number of aromatic hydroxyl groups is 1. The molecule has 1 aromatic rings. The summed E-state index contributed by atoms with van der Waals surface area (Å²) in [5.41, 5.74) is 9.00. The molecular formula is C13H21NO. The van der Waals surface area contributed by atoms with Gasteiger partial charge in [-0.1, -0.05) is 19.9 Å². The van der Waals surface area contributed by atoms with Crippen LogP contribution >= 0.6 is 0 Å². The van der Waals surface area contributed by atoms with Gasteiger partial charge in [-0.05, 0) is 55.0 Å². The maximum Gasteiger partial charge on any atom is 0.119 e. The zero-order valence-electron chi connectivity index (χ0n) is 9.88. The van der Waals surface area contributed by atoms with Crippen molar-refractivity contribution in [3.05, 3.63) is 28.8 Å². The Morgan fingerprint density at radius 1 is 1.33 bits per heavy atom. The SMILES string of the molecule is Cc1cc(O)c(C(C)C)cc1CCCN. The fourth-order valence-electron chi connectivity index (χ4n) is 1.78. The molecule has 0 bridgehead atoms. The van der Waals surface area contributed by atoms with Gasteiger partial charge in [-0.3, -0.25) is 0 Å². The Balaban J connectivity index is 3.00. The number of benzene rings is 1. The standard InChI is InChI=1S/C13H21NO/c1-9(2)12-8-11(5-4-6-14)10(3)7-13(12)15/h7-9,15H,4-6,14H2,1-3H3. The first kappa shape index (κ1) is 12.1. The maximum absolute atomic E-state index is 9.79. The van der Waals surface area contributed by atoms with Crippen molar-refractivity contribution in [3.8, 4) is 5.75 Å². The summed E-state index contributed by atoms with van der Waals surface area (Å²) in [6.07, 6.45) is 2.01. The van der Waals surface area contributed by atoms with Crippen LogP contribution in [0.2, 0.25) is 0 Å². The van der Waals surface area contributed by atoms with Crippen LogP contribution in [0.1, 0.15) is 42.9 Å². The molecule has 15 heavy (non-hydrogen) atoms. The van der Waals surface area contributed by atoms with E-state index in [-0.39, 0.29) is 0 Å². The lowest BCUT2D eigenvalue weighted by atomic mass is 9.94. The lowest BCUT2D eigenvalue weighted by Crippen LogP contribution is -2.02. The number of hydrogen-bond acceptors (Lipinski definition) is 2. The van der Waals surface area contributed by atoms with Crippen LogP contribution in [0.25, 0.3) is 0 Å². The molecule has 0 aromatic heterocycles. The smallest absolute Gasteiger partial charge is 0.119 e. The zero-order valence-corrected chi connectivity index (χ0v) is 9.88. The minimum atomic E-state index is 0.363. The third kappa shape index (κ3) is 2.96. The van der Waals surface area contributed by atoms with Gasteiger partial charge in [-0.15, -0.1) is 0 Å². The van der Waals surface area contributed by atoms with Gasteiger partial charge in [0.15, 0.2) is 0 Å². The summed E-state index contributed by atoms with van der Waals surface area (Å²) in [5, 5.41) is 9.79. The van der Waals surface area contributed by atoms with Gasteiger partial charge in [0.05, 0.1) is 0 Å². The van der Waals surface area contributed by atoms with Crippen LogP contribution in [-0.4, -0.2) is 11.7 Å². The molecular weight excluding hydrogens is 186 g/mol. The van der Waals surface area contributed by atoms with Gasteiger partial charge in [-0.2, -0.15) is 0 Å². The summed E-state index contributed by atoms with van der Waals surface area (Å²) in [4.78, 5) is 0. The van der Waals surface area contributed by atoms with Gasteiger partial charge in [0.25, 0.3) is 0 Å². The molecule has 0 spiro atoms. The van der Waals surface area contributed by atoms with Crippen molar-refractivity contribution in [1.82, 2.24) is 0 Å². The molecule has 0 unspecified atom stereocenters. The van der Waals surface area contributed by atoms with Gasteiger partial charge in [0.2, 0.25) is 0 Å². The van der Waals surface area contributed by atoms with Crippen molar-refractivity contribution in [2.45, 2.75) is 39.5 Å². The number of aryl methyl sites for hydroxylation is 2. The highest BCUT2D eigenvalue weighted by atomic mass is 16.3. The maximum atomic E-state index is 9.79. The van der Waals surface area contributed by atoms with Crippen LogP contribution in [0, 0.1) is 6.92 Å². The van der Waals surface area contributed by atoms with Crippen LogP contribution in [-0.2, 0) is 6.42 Å². The van der Waals surface area contributed by atoms with Crippen LogP contribution < -0.4 is 5.73 Å². The first-order chi connectivity index (χ1) is 7.06. The average molecular weight is 207 g/mol. The van der Waals surface area contributed by atoms with Crippen molar-refractivity contribution < 1.29 is 5.11 Å². The summed E-state index contributed by atoms with van der Waals surface area (Å²) < 4.78 is 0. The molecule has 0 radical (unpaired) electrons. The Morgan fingerprint density at radius 2 is 2.00 bits per heavy atom. The fourth-order valence-corrected chi connectivity index (χ4v) is 1.78. The Labute approximate surface area is 92.1 Å². The molecule has 0 atom stereocenters. The van der Waals surface area contributed by atoms with Crippen molar-refractivity contribution in [2.75, 3.05) is 6.54 Å². The van der Waals surface area contributed by atoms with Crippen LogP contribution in [0.15, 0.2) is 12.1 Å². The number of hydrogen-bond donors (Lipinski definition) is 2. The van der Waals surface area contributed by atoms with Crippen molar-refractivity contribution >= 4 is 0 Å². The molecule has 0 aliphatic carbocycles. The lowest BCUT2D eigenvalue weighted by Gasteiger charge is -2.13. The van der Waals surface area contributed by atoms with E-state index in [0.717, 1.165) is 30.5 Å². The topological polar surface area (TPSA) is 46.2 Å². The van der Waals surface area contributed by atoms with E-state index in [4.69, 9.17) is 5.73 Å². The van der Waals surface area contributed by atoms with E-state index < -0.39 is 0 Å². The van der Waals surface area contributed by atoms with E-state index in [0.29, 0.717) is 11.7 Å². The minimum absolute atomic E-state index is 0.363. The fraction of sp³-hybridized carbons (Fsp3) is 0.538. The van der Waals surface area contributed by atoms with E-state index in [2.05, 4.69) is 19.9 Å². The molecule has 0 heterocycles. The van der Waals surface area contributed by atoms with Gasteiger partial charge >= 0.3 is 0 Å². The number of rotatable bonds is 4. The average Bonchev–Trinajstić information content (AvgIpc) is 2.16. The Hall–Kier alpha value is -1.02. The van der Waals surface area contributed by atoms with E-state index >= 15 is 0 Å². The molecule has 0 aliphatic heterocycles. The second kappa shape index (κ2) is 5.17. The van der Waals surface area contributed by atoms with Gasteiger partial charge in [-0.25, -0.2) is 0 Å². The second-order valence-corrected chi connectivity index (χ2v) is 4.38. The molecule has 0 saturated heterocycles. The van der Waals surface area contributed by atoms with Gasteiger partial charge in [0, 0.05) is 0 Å². The third-order valence-corrected chi connectivity index (χ3v) is 2.76. The molecule has 1 rings (SSSR count). The highest BCUT2D eigenvalue weighted by molar-refractivity contribution is 5.43. The quantitative estimate of drug-likeness (QED) is 0.797. The lowest BCUT2D eigenvalue weighted by molar-refractivity contribution is 0.464. The highest BCUT2D eigenvalue weighted by Crippen LogP contribution is 2.29. The van der Waals surface area contributed by atoms with Gasteiger partial charge < -0.3 is 10.8 Å². The number of phenols is 1. The number of phenolic OH excluding ortho intramolecular Hbond substituents is 1. The molecule has 0 aliphatic rings. The molecule has 2 nitrogen and oxygen atoms in total. The Kier molecular flexibility index (Phi) is 4.15. The summed E-state index contributed by atoms with van der Waals surface area (Å²) in [5.74, 6) is 0.779. The first-order valence-electron chi connectivity index (χ1n) is 5.58. The van der Waals surface area contributed by atoms with E-state index in [1.165, 1.54) is 5.56 Å². The molecule has 0 saturated carbocycles. The predicted octanol–water partition coefficient (Wildman–Crippen LogP) is 2.72. The van der Waals surface area contributed by atoms with Crippen LogP contribution in [0.5, 0.6) is 5.75 Å².